The molecule has 3 rings (SSSR count). The highest BCUT2D eigenvalue weighted by Crippen LogP contribution is 2.28. The van der Waals surface area contributed by atoms with Gasteiger partial charge in [0, 0.05) is 32.4 Å². The van der Waals surface area contributed by atoms with Crippen LogP contribution in [0.25, 0.3) is 11.3 Å². The maximum atomic E-state index is 14.9. The minimum absolute atomic E-state index is 0. The molecule has 0 saturated carbocycles. The normalized spacial score (nSPS) is 15.3. The van der Waals surface area contributed by atoms with Crippen molar-refractivity contribution >= 4 is 11.9 Å². The molecule has 1 aromatic carbocycles. The molecule has 1 aliphatic heterocycles. The topological polar surface area (TPSA) is 94.5 Å². The number of hydrogen-bond acceptors (Lipinski definition) is 7. The Balaban J connectivity index is 0. The van der Waals surface area contributed by atoms with Crippen molar-refractivity contribution in [3.05, 3.63) is 84.5 Å². The van der Waals surface area contributed by atoms with Crippen LogP contribution in [0, 0.1) is 24.6 Å². The summed E-state index contributed by atoms with van der Waals surface area (Å²) in [6.45, 7) is 21.0. The number of aliphatic hydroxyl groups excluding tert-OH is 1. The van der Waals surface area contributed by atoms with Gasteiger partial charge in [0.05, 0.1) is 29.0 Å². The highest BCUT2D eigenvalue weighted by molar-refractivity contribution is 5.73. The van der Waals surface area contributed by atoms with Gasteiger partial charge in [-0.05, 0) is 44.4 Å². The van der Waals surface area contributed by atoms with E-state index >= 15 is 0 Å². The van der Waals surface area contributed by atoms with E-state index in [4.69, 9.17) is 0 Å². The van der Waals surface area contributed by atoms with Crippen LogP contribution < -0.4 is 16.0 Å². The molecule has 0 aliphatic carbocycles. The molecule has 8 heteroatoms. The first-order chi connectivity index (χ1) is 18.2. The predicted octanol–water partition coefficient (Wildman–Crippen LogP) is 6.81. The fraction of sp³-hybridized carbons (Fsp3) is 0.400. The number of hydrogen-bond donors (Lipinski definition) is 4. The van der Waals surface area contributed by atoms with Crippen molar-refractivity contribution < 1.29 is 12.4 Å². The first kappa shape index (κ1) is 32.4. The minimum Gasteiger partial charge on any atom is -0.379 e. The van der Waals surface area contributed by atoms with Crippen molar-refractivity contribution in [2.24, 2.45) is 16.8 Å². The molecule has 4 N–H and O–H groups in total. The zero-order chi connectivity index (χ0) is 28.7. The molecule has 7 nitrogen and oxygen atoms in total. The summed E-state index contributed by atoms with van der Waals surface area (Å²) in [7, 11) is 0. The number of aryl methyl sites for hydroxylation is 1. The molecular formula is C30H47FN6O. The third kappa shape index (κ3) is 10.4. The lowest BCUT2D eigenvalue weighted by Crippen LogP contribution is -2.47. The van der Waals surface area contributed by atoms with Gasteiger partial charge in [0.2, 0.25) is 0 Å². The third-order valence-corrected chi connectivity index (χ3v) is 5.27. The monoisotopic (exact) mass is 526 g/mol. The van der Waals surface area contributed by atoms with E-state index in [-0.39, 0.29) is 8.77 Å². The van der Waals surface area contributed by atoms with E-state index in [0.717, 1.165) is 17.8 Å². The summed E-state index contributed by atoms with van der Waals surface area (Å²) in [4.78, 5) is 12.8. The van der Waals surface area contributed by atoms with E-state index in [9.17, 15) is 9.50 Å². The number of aromatic nitrogens is 2. The zero-order valence-corrected chi connectivity index (χ0v) is 23.7. The van der Waals surface area contributed by atoms with Crippen molar-refractivity contribution in [1.29, 1.82) is 0 Å². The first-order valence-electron chi connectivity index (χ1n) is 13.0. The minimum atomic E-state index is -0.715. The number of nitrogens with zero attached hydrogens (tertiary/aromatic N) is 3. The maximum absolute atomic E-state index is 14.9. The van der Waals surface area contributed by atoms with Gasteiger partial charge >= 0.3 is 0 Å². The summed E-state index contributed by atoms with van der Waals surface area (Å²) in [5.41, 5.74) is 6.75. The number of benzene rings is 1. The average molecular weight is 527 g/mol. The molecule has 210 valence electrons. The molecule has 0 fully saturated rings. The summed E-state index contributed by atoms with van der Waals surface area (Å²) < 4.78 is 14.9. The van der Waals surface area contributed by atoms with Crippen molar-refractivity contribution in [2.45, 2.75) is 67.4 Å². The molecule has 0 bridgehead atoms. The molecule has 2 aromatic rings. The second-order valence-corrected chi connectivity index (χ2v) is 8.71. The summed E-state index contributed by atoms with van der Waals surface area (Å²) >= 11 is 0. The van der Waals surface area contributed by atoms with Gasteiger partial charge in [-0.15, -0.1) is 12.3 Å². The van der Waals surface area contributed by atoms with E-state index in [0.29, 0.717) is 28.6 Å². The van der Waals surface area contributed by atoms with Crippen molar-refractivity contribution in [2.75, 3.05) is 5.32 Å². The third-order valence-electron chi connectivity index (χ3n) is 5.27. The summed E-state index contributed by atoms with van der Waals surface area (Å²) in [5.74, 6) is 0.100. The van der Waals surface area contributed by atoms with Crippen LogP contribution in [-0.2, 0) is 0 Å². The van der Waals surface area contributed by atoms with Gasteiger partial charge in [-0.2, -0.15) is 0 Å². The summed E-state index contributed by atoms with van der Waals surface area (Å²) in [5, 5.41) is 18.8. The van der Waals surface area contributed by atoms with Crippen LogP contribution in [0.5, 0.6) is 0 Å². The molecule has 3 atom stereocenters. The Morgan fingerprint density at radius 1 is 1.29 bits per heavy atom. The first-order valence-corrected chi connectivity index (χ1v) is 13.0. The number of aliphatic hydroxyl groups is 1. The van der Waals surface area contributed by atoms with Crippen LogP contribution in [-0.4, -0.2) is 33.8 Å². The van der Waals surface area contributed by atoms with Gasteiger partial charge in [-0.3, -0.25) is 15.3 Å². The Kier molecular flexibility index (Phi) is 14.5. The van der Waals surface area contributed by atoms with E-state index in [2.05, 4.69) is 63.6 Å². The maximum Gasteiger partial charge on any atom is 0.175 e. The largest absolute Gasteiger partial charge is 0.379 e. The van der Waals surface area contributed by atoms with Crippen LogP contribution >= 0.6 is 0 Å². The van der Waals surface area contributed by atoms with E-state index in [1.165, 1.54) is 6.07 Å². The van der Waals surface area contributed by atoms with Crippen molar-refractivity contribution in [3.8, 4) is 11.3 Å². The van der Waals surface area contributed by atoms with E-state index < -0.39 is 18.3 Å². The highest BCUT2D eigenvalue weighted by Gasteiger charge is 2.23. The van der Waals surface area contributed by atoms with Crippen molar-refractivity contribution in [1.82, 2.24) is 20.6 Å². The zero-order valence-electron chi connectivity index (χ0n) is 23.7. The Morgan fingerprint density at radius 2 is 1.97 bits per heavy atom. The lowest BCUT2D eigenvalue weighted by molar-refractivity contribution is 0.136. The molecule has 2 heterocycles. The number of aliphatic imine (C=N–C) groups is 1. The Morgan fingerprint density at radius 3 is 2.50 bits per heavy atom. The fourth-order valence-corrected chi connectivity index (χ4v) is 3.34. The molecule has 0 saturated heterocycles. The number of halogens is 1. The molecular weight excluding hydrogens is 479 g/mol. The van der Waals surface area contributed by atoms with E-state index in [1.807, 2.05) is 39.8 Å². The Hall–Kier alpha value is -3.58. The van der Waals surface area contributed by atoms with Crippen LogP contribution in [0.2, 0.25) is 0 Å². The predicted molar refractivity (Wildman–Crippen MR) is 161 cm³/mol. The number of nitrogens with one attached hydrogen (secondary N) is 3. The second-order valence-electron chi connectivity index (χ2n) is 8.71. The standard InChI is InChI=1S/C23H27FN6O.C5H10.C2H6.2H2/c1-5-17(20-9-10-26-23(30-20)28-15(4)31)19(6-2)29-21-8-7-16(11-18(21)24)22-13-25-12-14(3)27-22;1-4-5(2)3;1-2;;/h7-13,15,17,23,28-31H,2,5H2,1,3-4H3;4-5H,1H2,2-3H3;1-2H3;2*1H. The van der Waals surface area contributed by atoms with Gasteiger partial charge in [0.1, 0.15) is 12.0 Å². The van der Waals surface area contributed by atoms with Crippen LogP contribution in [0.1, 0.15) is 56.5 Å². The van der Waals surface area contributed by atoms with Gasteiger partial charge in [0.25, 0.3) is 0 Å². The molecule has 38 heavy (non-hydrogen) atoms. The van der Waals surface area contributed by atoms with Gasteiger partial charge in [-0.1, -0.05) is 53.3 Å². The number of anilines is 1. The van der Waals surface area contributed by atoms with Crippen molar-refractivity contribution in [3.63, 3.8) is 0 Å². The van der Waals surface area contributed by atoms with Gasteiger partial charge in [-0.25, -0.2) is 9.37 Å². The molecule has 0 radical (unpaired) electrons. The highest BCUT2D eigenvalue weighted by atomic mass is 19.1. The molecule has 3 unspecified atom stereocenters. The molecule has 1 aliphatic rings. The Bertz CT molecular complexity index is 1150. The van der Waals surface area contributed by atoms with Crippen LogP contribution in [0.15, 0.2) is 78.0 Å². The average Bonchev–Trinajstić information content (AvgIpc) is 2.90. The quantitative estimate of drug-likeness (QED) is 0.163. The van der Waals surface area contributed by atoms with Crippen LogP contribution in [0.3, 0.4) is 0 Å². The van der Waals surface area contributed by atoms with E-state index in [1.54, 1.807) is 37.7 Å². The molecule has 0 spiro atoms. The summed E-state index contributed by atoms with van der Waals surface area (Å²) in [6, 6.07) is 4.89. The second kappa shape index (κ2) is 17.0. The molecule has 0 amide bonds. The summed E-state index contributed by atoms with van der Waals surface area (Å²) in [6.07, 6.45) is 8.26. The van der Waals surface area contributed by atoms with Gasteiger partial charge in [0.15, 0.2) is 6.29 Å². The molecule has 1 aromatic heterocycles. The van der Waals surface area contributed by atoms with Crippen LogP contribution in [0.4, 0.5) is 10.1 Å². The SMILES string of the molecule is C=C=C(Nc1ccc(-c2cncc(C)n2)cc1F)C(CC)C1=CC=NC(NC(C)O)N1.C=CC(C)C.CC.[HH].[HH]. The number of rotatable bonds is 9. The number of allylic oxidation sites excluding steroid dienone is 2. The fourth-order valence-electron chi connectivity index (χ4n) is 3.34. The Labute approximate surface area is 230 Å². The smallest absolute Gasteiger partial charge is 0.175 e. The lowest BCUT2D eigenvalue weighted by atomic mass is 9.97. The van der Waals surface area contributed by atoms with Gasteiger partial charge < -0.3 is 15.7 Å². The lowest BCUT2D eigenvalue weighted by Gasteiger charge is -2.29.